The lowest BCUT2D eigenvalue weighted by molar-refractivity contribution is -0.143. The Labute approximate surface area is 215 Å². The van der Waals surface area contributed by atoms with E-state index in [9.17, 15) is 29.1 Å². The van der Waals surface area contributed by atoms with E-state index in [-0.39, 0.29) is 38.0 Å². The van der Waals surface area contributed by atoms with Crippen LogP contribution < -0.4 is 33.2 Å². The quantitative estimate of drug-likeness (QED) is 0.101. The minimum atomic E-state index is -1.18. The Morgan fingerprint density at radius 2 is 1.59 bits per heavy atom. The van der Waals surface area contributed by atoms with Gasteiger partial charge in [0.2, 0.25) is 23.6 Å². The standard InChI is InChI=1S/C23H40N8O6/c1-13(2)9-18(23(36)37)31-21(34)16(5-3-4-8-24)29-22(35)17(10-14-11-27-12-28-14)30-20(33)15(25)6-7-19(26)32/h11-13,15-18H,3-10,24-25H2,1-2H3,(H2,26,32)(H,27,28)(H,29,35)(H,30,33)(H,31,34)(H,36,37). The number of aromatic amines is 1. The van der Waals surface area contributed by atoms with E-state index in [4.69, 9.17) is 17.2 Å². The highest BCUT2D eigenvalue weighted by molar-refractivity contribution is 5.94. The predicted molar refractivity (Wildman–Crippen MR) is 134 cm³/mol. The molecule has 11 N–H and O–H groups in total. The third-order valence-electron chi connectivity index (χ3n) is 5.55. The Morgan fingerprint density at radius 1 is 0.973 bits per heavy atom. The van der Waals surface area contributed by atoms with E-state index in [1.54, 1.807) is 0 Å². The summed E-state index contributed by atoms with van der Waals surface area (Å²) in [6.07, 6.45) is 4.33. The number of unbranched alkanes of at least 4 members (excludes halogenated alkanes) is 1. The maximum atomic E-state index is 13.2. The highest BCUT2D eigenvalue weighted by atomic mass is 16.4. The van der Waals surface area contributed by atoms with Crippen LogP contribution in [0.4, 0.5) is 0 Å². The fraction of sp³-hybridized carbons (Fsp3) is 0.652. The van der Waals surface area contributed by atoms with Crippen LogP contribution in [0.2, 0.25) is 0 Å². The van der Waals surface area contributed by atoms with Crippen molar-refractivity contribution in [3.8, 4) is 0 Å². The molecule has 0 spiro atoms. The molecule has 208 valence electrons. The first-order chi connectivity index (χ1) is 17.4. The SMILES string of the molecule is CC(C)CC(NC(=O)C(CCCCN)NC(=O)C(Cc1cnc[nH]1)NC(=O)C(N)CCC(N)=O)C(=O)O. The third-order valence-corrected chi connectivity index (χ3v) is 5.55. The Morgan fingerprint density at radius 3 is 2.14 bits per heavy atom. The van der Waals surface area contributed by atoms with Gasteiger partial charge in [-0.1, -0.05) is 13.8 Å². The second-order valence-corrected chi connectivity index (χ2v) is 9.33. The van der Waals surface area contributed by atoms with Gasteiger partial charge in [0.15, 0.2) is 0 Å². The predicted octanol–water partition coefficient (Wildman–Crippen LogP) is -1.74. The van der Waals surface area contributed by atoms with E-state index >= 15 is 0 Å². The zero-order chi connectivity index (χ0) is 28.0. The number of hydrogen-bond acceptors (Lipinski definition) is 8. The molecule has 0 saturated heterocycles. The molecule has 1 rings (SSSR count). The van der Waals surface area contributed by atoms with E-state index in [2.05, 4.69) is 25.9 Å². The second-order valence-electron chi connectivity index (χ2n) is 9.33. The summed E-state index contributed by atoms with van der Waals surface area (Å²) in [5, 5.41) is 17.2. The van der Waals surface area contributed by atoms with Crippen molar-refractivity contribution in [1.29, 1.82) is 0 Å². The molecule has 0 bridgehead atoms. The normalized spacial score (nSPS) is 14.3. The highest BCUT2D eigenvalue weighted by Gasteiger charge is 2.30. The molecule has 0 radical (unpaired) electrons. The third kappa shape index (κ3) is 12.3. The molecule has 0 aliphatic heterocycles. The van der Waals surface area contributed by atoms with Gasteiger partial charge in [-0.15, -0.1) is 0 Å². The largest absolute Gasteiger partial charge is 0.480 e. The fourth-order valence-electron chi connectivity index (χ4n) is 3.53. The minimum Gasteiger partial charge on any atom is -0.480 e. The summed E-state index contributed by atoms with van der Waals surface area (Å²) >= 11 is 0. The van der Waals surface area contributed by atoms with Crippen LogP contribution in [0.15, 0.2) is 12.5 Å². The van der Waals surface area contributed by atoms with Gasteiger partial charge in [0, 0.05) is 24.7 Å². The average Bonchev–Trinajstić information content (AvgIpc) is 3.33. The molecule has 1 aromatic heterocycles. The summed E-state index contributed by atoms with van der Waals surface area (Å²) in [5.74, 6) is -3.77. The number of carbonyl (C=O) groups is 5. The van der Waals surface area contributed by atoms with E-state index in [0.29, 0.717) is 25.1 Å². The molecule has 0 aliphatic rings. The van der Waals surface area contributed by atoms with Crippen molar-refractivity contribution in [3.05, 3.63) is 18.2 Å². The second kappa shape index (κ2) is 16.3. The van der Waals surface area contributed by atoms with Crippen LogP contribution in [-0.4, -0.2) is 75.4 Å². The number of carbonyl (C=O) groups excluding carboxylic acids is 4. The number of imidazole rings is 1. The number of nitrogens with two attached hydrogens (primary N) is 3. The van der Waals surface area contributed by atoms with Crippen molar-refractivity contribution in [2.45, 2.75) is 83.0 Å². The highest BCUT2D eigenvalue weighted by Crippen LogP contribution is 2.09. The monoisotopic (exact) mass is 524 g/mol. The molecule has 0 fully saturated rings. The number of primary amides is 1. The van der Waals surface area contributed by atoms with Crippen LogP contribution >= 0.6 is 0 Å². The van der Waals surface area contributed by atoms with Crippen LogP contribution in [0.25, 0.3) is 0 Å². The van der Waals surface area contributed by atoms with Gasteiger partial charge in [-0.2, -0.15) is 0 Å². The van der Waals surface area contributed by atoms with Crippen molar-refractivity contribution < 1.29 is 29.1 Å². The number of H-pyrrole nitrogens is 1. The van der Waals surface area contributed by atoms with Gasteiger partial charge in [0.1, 0.15) is 18.1 Å². The van der Waals surface area contributed by atoms with Gasteiger partial charge in [-0.3, -0.25) is 19.2 Å². The zero-order valence-electron chi connectivity index (χ0n) is 21.4. The van der Waals surface area contributed by atoms with Gasteiger partial charge < -0.3 is 43.2 Å². The summed E-state index contributed by atoms with van der Waals surface area (Å²) in [7, 11) is 0. The first-order valence-electron chi connectivity index (χ1n) is 12.3. The number of amides is 4. The van der Waals surface area contributed by atoms with Crippen molar-refractivity contribution in [2.75, 3.05) is 6.54 Å². The maximum absolute atomic E-state index is 13.2. The Hall–Kier alpha value is -3.52. The van der Waals surface area contributed by atoms with Gasteiger partial charge in [0.25, 0.3) is 0 Å². The number of carboxylic acid groups (broad SMARTS) is 1. The number of carboxylic acids is 1. The Balaban J connectivity index is 3.04. The Bertz CT molecular complexity index is 892. The van der Waals surface area contributed by atoms with E-state index in [1.165, 1.54) is 12.5 Å². The van der Waals surface area contributed by atoms with Crippen LogP contribution in [0.1, 0.15) is 58.1 Å². The smallest absolute Gasteiger partial charge is 0.326 e. The van der Waals surface area contributed by atoms with Crippen molar-refractivity contribution in [2.24, 2.45) is 23.1 Å². The summed E-state index contributed by atoms with van der Waals surface area (Å²) < 4.78 is 0. The molecule has 1 aromatic rings. The molecule has 0 aliphatic carbocycles. The van der Waals surface area contributed by atoms with Crippen LogP contribution in [-0.2, 0) is 30.4 Å². The number of nitrogens with one attached hydrogen (secondary N) is 4. The molecular formula is C23H40N8O6. The van der Waals surface area contributed by atoms with Gasteiger partial charge in [-0.25, -0.2) is 9.78 Å². The summed E-state index contributed by atoms with van der Waals surface area (Å²) in [4.78, 5) is 68.2. The van der Waals surface area contributed by atoms with E-state index in [0.717, 1.165) is 0 Å². The molecule has 4 amide bonds. The van der Waals surface area contributed by atoms with Gasteiger partial charge in [0.05, 0.1) is 12.4 Å². The lowest BCUT2D eigenvalue weighted by Gasteiger charge is -2.25. The molecule has 0 aromatic carbocycles. The summed E-state index contributed by atoms with van der Waals surface area (Å²) in [6.45, 7) is 4.05. The van der Waals surface area contributed by atoms with Gasteiger partial charge in [-0.05, 0) is 44.6 Å². The fourth-order valence-corrected chi connectivity index (χ4v) is 3.53. The summed E-state index contributed by atoms with van der Waals surface area (Å²) in [5.41, 5.74) is 17.0. The minimum absolute atomic E-state index is 0.00386. The first kappa shape index (κ1) is 31.5. The lowest BCUT2D eigenvalue weighted by Crippen LogP contribution is -2.57. The molecule has 0 saturated carbocycles. The molecular weight excluding hydrogens is 484 g/mol. The number of nitrogens with zero attached hydrogens (tertiary/aromatic N) is 1. The molecule has 14 heteroatoms. The first-order valence-corrected chi connectivity index (χ1v) is 12.3. The molecule has 14 nitrogen and oxygen atoms in total. The molecule has 1 heterocycles. The molecule has 4 unspecified atom stereocenters. The van der Waals surface area contributed by atoms with Crippen molar-refractivity contribution >= 4 is 29.6 Å². The Kier molecular flexibility index (Phi) is 13.9. The zero-order valence-corrected chi connectivity index (χ0v) is 21.4. The van der Waals surface area contributed by atoms with Crippen LogP contribution in [0.3, 0.4) is 0 Å². The number of hydrogen-bond donors (Lipinski definition) is 8. The number of aromatic nitrogens is 2. The maximum Gasteiger partial charge on any atom is 0.326 e. The van der Waals surface area contributed by atoms with E-state index in [1.807, 2.05) is 13.8 Å². The average molecular weight is 525 g/mol. The molecule has 4 atom stereocenters. The van der Waals surface area contributed by atoms with Crippen LogP contribution in [0.5, 0.6) is 0 Å². The number of rotatable bonds is 18. The topological polar surface area (TPSA) is 248 Å². The van der Waals surface area contributed by atoms with E-state index < -0.39 is 53.8 Å². The van der Waals surface area contributed by atoms with Gasteiger partial charge >= 0.3 is 5.97 Å². The van der Waals surface area contributed by atoms with Crippen LogP contribution in [0, 0.1) is 5.92 Å². The number of aliphatic carboxylic acids is 1. The molecule has 37 heavy (non-hydrogen) atoms. The lowest BCUT2D eigenvalue weighted by atomic mass is 10.0. The summed E-state index contributed by atoms with van der Waals surface area (Å²) in [6, 6.07) is -4.40. The van der Waals surface area contributed by atoms with Crippen molar-refractivity contribution in [3.63, 3.8) is 0 Å². The van der Waals surface area contributed by atoms with Crippen molar-refractivity contribution in [1.82, 2.24) is 25.9 Å².